The summed E-state index contributed by atoms with van der Waals surface area (Å²) in [6.07, 6.45) is 0. The first-order valence-corrected chi connectivity index (χ1v) is 5.80. The van der Waals surface area contributed by atoms with E-state index >= 15 is 0 Å². The van der Waals surface area contributed by atoms with Crippen LogP contribution in [0, 0.1) is 0 Å². The van der Waals surface area contributed by atoms with E-state index in [4.69, 9.17) is 15.3 Å². The van der Waals surface area contributed by atoms with E-state index < -0.39 is 23.0 Å². The quantitative estimate of drug-likeness (QED) is 0.432. The molecule has 4 N–H and O–H groups in total. The predicted molar refractivity (Wildman–Crippen MR) is 72.2 cm³/mol. The second-order valence-corrected chi connectivity index (χ2v) is 3.85. The molecule has 10 nitrogen and oxygen atoms in total. The fourth-order valence-corrected chi connectivity index (χ4v) is 1.14. The Labute approximate surface area is 118 Å². The minimum atomic E-state index is -0.935. The molecule has 0 aliphatic rings. The lowest BCUT2D eigenvalue weighted by Crippen LogP contribution is -2.50. The molecule has 1 aromatic heterocycles. The molecular formula is C11H17N3O7. The van der Waals surface area contributed by atoms with Gasteiger partial charge in [-0.3, -0.25) is 4.98 Å². The van der Waals surface area contributed by atoms with Gasteiger partial charge in [0.25, 0.3) is 0 Å². The summed E-state index contributed by atoms with van der Waals surface area (Å²) >= 11 is 0. The molecule has 0 atom stereocenters. The molecule has 0 aliphatic carbocycles. The SMILES string of the molecule is C=C(C)C(=O)O.O=c1[nH]c(=O)n(CCO)c(=O)n1CCO. The Bertz CT molecular complexity index is 614. The van der Waals surface area contributed by atoms with E-state index in [1.807, 2.05) is 4.98 Å². The number of hydrogen-bond acceptors (Lipinski definition) is 6. The Kier molecular flexibility index (Phi) is 7.65. The third-order valence-electron chi connectivity index (χ3n) is 2.18. The number of carboxylic acids is 1. The fraction of sp³-hybridized carbons (Fsp3) is 0.455. The minimum Gasteiger partial charge on any atom is -0.478 e. The van der Waals surface area contributed by atoms with Crippen molar-refractivity contribution in [3.05, 3.63) is 43.6 Å². The molecule has 21 heavy (non-hydrogen) atoms. The first kappa shape index (κ1) is 18.5. The van der Waals surface area contributed by atoms with Crippen molar-refractivity contribution in [2.75, 3.05) is 13.2 Å². The molecule has 1 rings (SSSR count). The van der Waals surface area contributed by atoms with Crippen LogP contribution < -0.4 is 17.1 Å². The van der Waals surface area contributed by atoms with Crippen LogP contribution in [0.15, 0.2) is 26.5 Å². The highest BCUT2D eigenvalue weighted by atomic mass is 16.4. The maximum absolute atomic E-state index is 11.5. The largest absolute Gasteiger partial charge is 0.478 e. The Morgan fingerprint density at radius 3 is 1.67 bits per heavy atom. The van der Waals surface area contributed by atoms with Gasteiger partial charge >= 0.3 is 23.0 Å². The highest BCUT2D eigenvalue weighted by Gasteiger charge is 2.08. The Morgan fingerprint density at radius 1 is 1.10 bits per heavy atom. The van der Waals surface area contributed by atoms with E-state index in [9.17, 15) is 19.2 Å². The molecule has 1 aromatic rings. The van der Waals surface area contributed by atoms with Gasteiger partial charge < -0.3 is 15.3 Å². The van der Waals surface area contributed by atoms with Crippen LogP contribution in [-0.4, -0.2) is 48.6 Å². The first-order chi connectivity index (χ1) is 9.76. The molecule has 0 bridgehead atoms. The number of rotatable bonds is 5. The summed E-state index contributed by atoms with van der Waals surface area (Å²) in [6.45, 7) is 3.44. The molecule has 0 unspecified atom stereocenters. The Hall–Kier alpha value is -2.46. The van der Waals surface area contributed by atoms with Crippen molar-refractivity contribution in [3.8, 4) is 0 Å². The van der Waals surface area contributed by atoms with Gasteiger partial charge in [-0.15, -0.1) is 0 Å². The number of aliphatic hydroxyl groups excluding tert-OH is 2. The van der Waals surface area contributed by atoms with Gasteiger partial charge in [0.15, 0.2) is 0 Å². The average Bonchev–Trinajstić information content (AvgIpc) is 2.40. The monoisotopic (exact) mass is 303 g/mol. The summed E-state index contributed by atoms with van der Waals surface area (Å²) in [6, 6.07) is 0. The zero-order valence-electron chi connectivity index (χ0n) is 11.4. The Balaban J connectivity index is 0.000000567. The maximum Gasteiger partial charge on any atom is 0.336 e. The summed E-state index contributed by atoms with van der Waals surface area (Å²) in [5.41, 5.74) is -2.40. The van der Waals surface area contributed by atoms with E-state index in [0.717, 1.165) is 0 Å². The van der Waals surface area contributed by atoms with Crippen LogP contribution >= 0.6 is 0 Å². The summed E-state index contributed by atoms with van der Waals surface area (Å²) in [7, 11) is 0. The van der Waals surface area contributed by atoms with Crippen molar-refractivity contribution in [2.45, 2.75) is 20.0 Å². The molecule has 10 heteroatoms. The minimum absolute atomic E-state index is 0.176. The van der Waals surface area contributed by atoms with E-state index in [0.29, 0.717) is 9.13 Å². The maximum atomic E-state index is 11.5. The van der Waals surface area contributed by atoms with Gasteiger partial charge in [0.05, 0.1) is 26.3 Å². The van der Waals surface area contributed by atoms with Crippen LogP contribution in [0.4, 0.5) is 0 Å². The van der Waals surface area contributed by atoms with Crippen LogP contribution in [0.1, 0.15) is 6.92 Å². The van der Waals surface area contributed by atoms with E-state index in [1.165, 1.54) is 6.92 Å². The van der Waals surface area contributed by atoms with Crippen LogP contribution in [0.2, 0.25) is 0 Å². The smallest absolute Gasteiger partial charge is 0.336 e. The molecule has 118 valence electrons. The van der Waals surface area contributed by atoms with Crippen molar-refractivity contribution in [3.63, 3.8) is 0 Å². The third-order valence-corrected chi connectivity index (χ3v) is 2.18. The van der Waals surface area contributed by atoms with E-state index in [1.54, 1.807) is 0 Å². The van der Waals surface area contributed by atoms with Crippen molar-refractivity contribution < 1.29 is 20.1 Å². The number of H-pyrrole nitrogens is 1. The second kappa shape index (κ2) is 8.66. The van der Waals surface area contributed by atoms with Crippen molar-refractivity contribution in [1.82, 2.24) is 14.1 Å². The lowest BCUT2D eigenvalue weighted by Gasteiger charge is -2.05. The normalized spacial score (nSPS) is 9.67. The first-order valence-electron chi connectivity index (χ1n) is 5.80. The van der Waals surface area contributed by atoms with Gasteiger partial charge in [-0.25, -0.2) is 28.3 Å². The molecule has 1 heterocycles. The van der Waals surface area contributed by atoms with Crippen LogP contribution in [0.25, 0.3) is 0 Å². The van der Waals surface area contributed by atoms with Crippen molar-refractivity contribution in [1.29, 1.82) is 0 Å². The predicted octanol–water partition coefficient (Wildman–Crippen LogP) is -2.67. The highest BCUT2D eigenvalue weighted by molar-refractivity contribution is 5.84. The van der Waals surface area contributed by atoms with Crippen LogP contribution in [0.3, 0.4) is 0 Å². The third kappa shape index (κ3) is 5.58. The summed E-state index contributed by atoms with van der Waals surface area (Å²) < 4.78 is 1.38. The van der Waals surface area contributed by atoms with Crippen LogP contribution in [-0.2, 0) is 17.9 Å². The molecular weight excluding hydrogens is 286 g/mol. The van der Waals surface area contributed by atoms with Gasteiger partial charge in [-0.2, -0.15) is 0 Å². The average molecular weight is 303 g/mol. The number of carboxylic acid groups (broad SMARTS) is 1. The van der Waals surface area contributed by atoms with E-state index in [-0.39, 0.29) is 31.9 Å². The summed E-state index contributed by atoms with van der Waals surface area (Å²) in [5.74, 6) is -0.935. The lowest BCUT2D eigenvalue weighted by atomic mass is 10.4. The van der Waals surface area contributed by atoms with Crippen LogP contribution in [0.5, 0.6) is 0 Å². The molecule has 0 spiro atoms. The zero-order valence-corrected chi connectivity index (χ0v) is 11.4. The highest BCUT2D eigenvalue weighted by Crippen LogP contribution is 1.81. The van der Waals surface area contributed by atoms with Crippen molar-refractivity contribution in [2.24, 2.45) is 0 Å². The number of aromatic amines is 1. The zero-order chi connectivity index (χ0) is 16.6. The number of carbonyl (C=O) groups is 1. The standard InChI is InChI=1S/C7H11N3O5.C4H6O2/c11-3-1-9-5(13)8-6(14)10(2-4-12)7(9)15;1-3(2)4(5)6/h11-12H,1-4H2,(H,8,13,14);1H2,2H3,(H,5,6). The van der Waals surface area contributed by atoms with Gasteiger partial charge in [0.1, 0.15) is 0 Å². The number of aromatic nitrogens is 3. The van der Waals surface area contributed by atoms with Gasteiger partial charge in [0, 0.05) is 5.57 Å². The molecule has 0 aromatic carbocycles. The molecule has 0 aliphatic heterocycles. The molecule has 0 fully saturated rings. The lowest BCUT2D eigenvalue weighted by molar-refractivity contribution is -0.132. The summed E-state index contributed by atoms with van der Waals surface area (Å²) in [5, 5.41) is 25.1. The molecule has 0 saturated carbocycles. The molecule has 0 saturated heterocycles. The summed E-state index contributed by atoms with van der Waals surface area (Å²) in [4.78, 5) is 45.2. The number of nitrogens with one attached hydrogen (secondary N) is 1. The Morgan fingerprint density at radius 2 is 1.43 bits per heavy atom. The van der Waals surface area contributed by atoms with Gasteiger partial charge in [-0.05, 0) is 6.92 Å². The number of nitrogens with zero attached hydrogens (tertiary/aromatic N) is 2. The number of aliphatic hydroxyl groups is 2. The second-order valence-electron chi connectivity index (χ2n) is 3.85. The number of hydrogen-bond donors (Lipinski definition) is 4. The van der Waals surface area contributed by atoms with Gasteiger partial charge in [0.2, 0.25) is 0 Å². The van der Waals surface area contributed by atoms with E-state index in [2.05, 4.69) is 6.58 Å². The topological polar surface area (TPSA) is 155 Å². The molecule has 0 amide bonds. The number of aliphatic carboxylic acids is 1. The fourth-order valence-electron chi connectivity index (χ4n) is 1.14. The van der Waals surface area contributed by atoms with Crippen molar-refractivity contribution >= 4 is 5.97 Å². The molecule has 0 radical (unpaired) electrons. The van der Waals surface area contributed by atoms with Gasteiger partial charge in [-0.1, -0.05) is 6.58 Å².